The van der Waals surface area contributed by atoms with Crippen LogP contribution in [0.3, 0.4) is 0 Å². The maximum Gasteiger partial charge on any atom is 0.332 e. The minimum atomic E-state index is -3.64. The molecule has 0 aromatic heterocycles. The zero-order chi connectivity index (χ0) is 19.2. The average molecular weight is 431 g/mol. The van der Waals surface area contributed by atoms with E-state index in [0.29, 0.717) is 19.0 Å². The first-order chi connectivity index (χ1) is 12.8. The van der Waals surface area contributed by atoms with Gasteiger partial charge in [0.25, 0.3) is 0 Å². The molecule has 0 atom stereocenters. The van der Waals surface area contributed by atoms with Crippen molar-refractivity contribution in [2.75, 3.05) is 25.0 Å². The number of anilines is 1. The number of hydrogen-bond donors (Lipinski definition) is 2. The Balaban J connectivity index is 0.00000225. The average Bonchev–Trinajstić information content (AvgIpc) is 3.17. The number of nitrogens with zero attached hydrogens (tertiary/aromatic N) is 1. The molecule has 0 bridgehead atoms. The molecule has 0 unspecified atom stereocenters. The van der Waals surface area contributed by atoms with E-state index in [1.165, 1.54) is 22.3 Å². The van der Waals surface area contributed by atoms with Crippen LogP contribution in [0.4, 0.5) is 10.5 Å². The SMILES string of the molecule is CC(C)CN1CC(S(=O)(=O)NC(=O)Nc2c3c(cc4c2CCC4)CCC3)C1.[K]. The van der Waals surface area contributed by atoms with Crippen LogP contribution in [-0.2, 0) is 35.7 Å². The van der Waals surface area contributed by atoms with Crippen molar-refractivity contribution in [2.45, 2.75) is 57.6 Å². The van der Waals surface area contributed by atoms with Crippen LogP contribution >= 0.6 is 0 Å². The topological polar surface area (TPSA) is 78.5 Å². The number of likely N-dealkylation sites (tertiary alicyclic amines) is 1. The van der Waals surface area contributed by atoms with Crippen LogP contribution in [0.15, 0.2) is 6.07 Å². The predicted molar refractivity (Wildman–Crippen MR) is 112 cm³/mol. The summed E-state index contributed by atoms with van der Waals surface area (Å²) in [5, 5.41) is 2.40. The van der Waals surface area contributed by atoms with E-state index in [0.717, 1.165) is 50.8 Å². The molecule has 28 heavy (non-hydrogen) atoms. The number of rotatable bonds is 5. The summed E-state index contributed by atoms with van der Waals surface area (Å²) in [6.45, 7) is 6.11. The molecule has 1 radical (unpaired) electrons. The summed E-state index contributed by atoms with van der Waals surface area (Å²) >= 11 is 0. The maximum absolute atomic E-state index is 12.5. The van der Waals surface area contributed by atoms with Gasteiger partial charge >= 0.3 is 6.03 Å². The van der Waals surface area contributed by atoms with Crippen LogP contribution in [0.2, 0.25) is 0 Å². The quantitative estimate of drug-likeness (QED) is 0.701. The molecule has 2 N–H and O–H groups in total. The van der Waals surface area contributed by atoms with Gasteiger partial charge in [-0.25, -0.2) is 17.9 Å². The Hall–Kier alpha value is 0.0364. The molecule has 8 heteroatoms. The molecule has 6 nitrogen and oxygen atoms in total. The zero-order valence-corrected chi connectivity index (χ0v) is 21.1. The van der Waals surface area contributed by atoms with Crippen molar-refractivity contribution < 1.29 is 13.2 Å². The second kappa shape index (κ2) is 9.04. The standard InChI is InChI=1S/C20H29N3O3S.K/c1-13(2)10-23-11-16(12-23)27(25,26)22-20(24)21-19-17-7-3-5-14(17)9-15-6-4-8-18(15)19;/h9,13,16H,3-8,10-12H2,1-2H3,(H2,21,22,24);. The van der Waals surface area contributed by atoms with Gasteiger partial charge in [-0.15, -0.1) is 0 Å². The summed E-state index contributed by atoms with van der Waals surface area (Å²) in [7, 11) is -3.64. The van der Waals surface area contributed by atoms with Gasteiger partial charge in [-0.3, -0.25) is 0 Å². The smallest absolute Gasteiger partial charge is 0.307 e. The fourth-order valence-electron chi connectivity index (χ4n) is 4.70. The molecule has 4 rings (SSSR count). The van der Waals surface area contributed by atoms with Crippen molar-refractivity contribution in [2.24, 2.45) is 5.92 Å². The van der Waals surface area contributed by atoms with E-state index < -0.39 is 21.3 Å². The maximum atomic E-state index is 12.5. The van der Waals surface area contributed by atoms with Gasteiger partial charge < -0.3 is 10.2 Å². The van der Waals surface area contributed by atoms with Gasteiger partial charge in [0.05, 0.1) is 0 Å². The van der Waals surface area contributed by atoms with Gasteiger partial charge in [0.2, 0.25) is 10.0 Å². The number of hydrogen-bond acceptors (Lipinski definition) is 4. The molecule has 1 aliphatic heterocycles. The Morgan fingerprint density at radius 1 is 1.11 bits per heavy atom. The zero-order valence-electron chi connectivity index (χ0n) is 17.2. The number of aryl methyl sites for hydroxylation is 2. The van der Waals surface area contributed by atoms with Crippen LogP contribution in [0, 0.1) is 5.92 Å². The van der Waals surface area contributed by atoms with Gasteiger partial charge in [-0.05, 0) is 66.7 Å². The number of nitrogens with one attached hydrogen (secondary N) is 2. The normalized spacial score (nSPS) is 19.0. The molecule has 0 saturated carbocycles. The second-order valence-electron chi connectivity index (χ2n) is 8.57. The molecule has 0 spiro atoms. The summed E-state index contributed by atoms with van der Waals surface area (Å²) < 4.78 is 27.3. The van der Waals surface area contributed by atoms with Crippen molar-refractivity contribution in [1.29, 1.82) is 0 Å². The monoisotopic (exact) mass is 430 g/mol. The molecule has 2 aliphatic carbocycles. The van der Waals surface area contributed by atoms with Gasteiger partial charge in [0, 0.05) is 76.7 Å². The number of benzene rings is 1. The number of sulfonamides is 1. The summed E-state index contributed by atoms with van der Waals surface area (Å²) in [4.78, 5) is 14.6. The van der Waals surface area contributed by atoms with Crippen LogP contribution in [-0.4, -0.2) is 95.6 Å². The fourth-order valence-corrected chi connectivity index (χ4v) is 5.99. The number of fused-ring (bicyclic) bond motifs is 2. The Bertz CT molecular complexity index is 832. The third-order valence-electron chi connectivity index (χ3n) is 5.93. The van der Waals surface area contributed by atoms with Gasteiger partial charge in [-0.1, -0.05) is 19.9 Å². The largest absolute Gasteiger partial charge is 0.332 e. The number of amides is 2. The predicted octanol–water partition coefficient (Wildman–Crippen LogP) is 2.07. The number of carbonyl (C=O) groups is 1. The van der Waals surface area contributed by atoms with Gasteiger partial charge in [-0.2, -0.15) is 0 Å². The Kier molecular flexibility index (Phi) is 7.33. The fraction of sp³-hybridized carbons (Fsp3) is 0.650. The van der Waals surface area contributed by atoms with Gasteiger partial charge in [0.15, 0.2) is 0 Å². The molecule has 149 valence electrons. The molecule has 1 saturated heterocycles. The Morgan fingerprint density at radius 2 is 1.68 bits per heavy atom. The van der Waals surface area contributed by atoms with Crippen molar-refractivity contribution >= 4 is 73.1 Å². The van der Waals surface area contributed by atoms with E-state index in [9.17, 15) is 13.2 Å². The van der Waals surface area contributed by atoms with E-state index in [-0.39, 0.29) is 51.4 Å². The van der Waals surface area contributed by atoms with E-state index in [4.69, 9.17) is 0 Å². The molecule has 3 aliphatic rings. The number of urea groups is 1. The van der Waals surface area contributed by atoms with Crippen LogP contribution in [0.25, 0.3) is 0 Å². The Labute approximate surface area is 210 Å². The summed E-state index contributed by atoms with van der Waals surface area (Å²) in [5.74, 6) is 0.507. The first-order valence-corrected chi connectivity index (χ1v) is 11.6. The first-order valence-electron chi connectivity index (χ1n) is 10.0. The van der Waals surface area contributed by atoms with Crippen LogP contribution in [0.1, 0.15) is 48.9 Å². The van der Waals surface area contributed by atoms with Crippen LogP contribution < -0.4 is 10.0 Å². The second-order valence-corrected chi connectivity index (χ2v) is 10.5. The summed E-state index contributed by atoms with van der Waals surface area (Å²) in [5.41, 5.74) is 5.92. The molecule has 1 aromatic rings. The van der Waals surface area contributed by atoms with E-state index in [1.54, 1.807) is 0 Å². The third-order valence-corrected chi connectivity index (χ3v) is 7.58. The van der Waals surface area contributed by atoms with Crippen molar-refractivity contribution in [1.82, 2.24) is 9.62 Å². The molecule has 1 aromatic carbocycles. The minimum Gasteiger partial charge on any atom is -0.307 e. The van der Waals surface area contributed by atoms with Crippen molar-refractivity contribution in [3.63, 3.8) is 0 Å². The molecule has 2 amide bonds. The van der Waals surface area contributed by atoms with Crippen LogP contribution in [0.5, 0.6) is 0 Å². The Morgan fingerprint density at radius 3 is 2.21 bits per heavy atom. The summed E-state index contributed by atoms with van der Waals surface area (Å²) in [6.07, 6.45) is 6.20. The molecule has 1 heterocycles. The first kappa shape index (κ1) is 22.7. The molecular weight excluding hydrogens is 401 g/mol. The summed E-state index contributed by atoms with van der Waals surface area (Å²) in [6, 6.07) is 1.68. The van der Waals surface area contributed by atoms with Gasteiger partial charge in [0.1, 0.15) is 5.25 Å². The van der Waals surface area contributed by atoms with E-state index in [2.05, 4.69) is 34.9 Å². The van der Waals surface area contributed by atoms with Crippen molar-refractivity contribution in [3.05, 3.63) is 28.3 Å². The van der Waals surface area contributed by atoms with E-state index >= 15 is 0 Å². The molecule has 1 fully saturated rings. The number of carbonyl (C=O) groups excluding carboxylic acids is 1. The molecular formula is C20H29KN3O3S. The van der Waals surface area contributed by atoms with E-state index in [1.807, 2.05) is 0 Å². The third kappa shape index (κ3) is 4.68. The minimum absolute atomic E-state index is 0. The van der Waals surface area contributed by atoms with Crippen molar-refractivity contribution in [3.8, 4) is 0 Å².